The standard InChI is InChI=1S/C34H56O14/c1-8-9-10-11-12-13-14-15-16-17-18-19-29(40)34(33(41)42-7)20-27(44-23(3)36)30(46-25(5)38)32(48-34)31(47-26(6)39)28(45-24(4)37)21-43-22(2)35/h27-32,40H,8-21H2,1-7H3/t27-,28+,29?,30+,31+,32+,34-/m0/s1. The Kier molecular flexibility index (Phi) is 19.9. The molecular formula is C34H56O14. The van der Waals surface area contributed by atoms with E-state index in [0.717, 1.165) is 67.4 Å². The van der Waals surface area contributed by atoms with Crippen LogP contribution in [0.1, 0.15) is 125 Å². The molecule has 0 aromatic heterocycles. The molecule has 276 valence electrons. The Morgan fingerprint density at radius 2 is 1.25 bits per heavy atom. The maximum atomic E-state index is 13.5. The molecule has 1 saturated heterocycles. The van der Waals surface area contributed by atoms with Gasteiger partial charge in [0.25, 0.3) is 0 Å². The molecule has 0 saturated carbocycles. The van der Waals surface area contributed by atoms with Crippen molar-refractivity contribution in [3.8, 4) is 0 Å². The highest BCUT2D eigenvalue weighted by Gasteiger charge is 2.61. The van der Waals surface area contributed by atoms with Crippen LogP contribution in [-0.4, -0.2) is 96.9 Å². The maximum Gasteiger partial charge on any atom is 0.341 e. The number of carbonyl (C=O) groups is 6. The number of unbranched alkanes of at least 4 members (excludes halogenated alkanes) is 10. The molecule has 1 fully saturated rings. The van der Waals surface area contributed by atoms with Gasteiger partial charge in [0.1, 0.15) is 18.8 Å². The van der Waals surface area contributed by atoms with Crippen LogP contribution in [0.5, 0.6) is 0 Å². The normalized spacial score (nSPS) is 22.4. The van der Waals surface area contributed by atoms with Crippen molar-refractivity contribution in [2.24, 2.45) is 0 Å². The molecule has 1 aliphatic heterocycles. The van der Waals surface area contributed by atoms with E-state index >= 15 is 0 Å². The maximum absolute atomic E-state index is 13.5. The van der Waals surface area contributed by atoms with Crippen molar-refractivity contribution in [2.75, 3.05) is 13.7 Å². The molecule has 1 aliphatic rings. The summed E-state index contributed by atoms with van der Waals surface area (Å²) in [4.78, 5) is 74.2. The predicted molar refractivity (Wildman–Crippen MR) is 170 cm³/mol. The Labute approximate surface area is 283 Å². The Morgan fingerprint density at radius 1 is 0.729 bits per heavy atom. The van der Waals surface area contributed by atoms with Crippen molar-refractivity contribution in [2.45, 2.75) is 167 Å². The molecule has 0 radical (unpaired) electrons. The number of hydrogen-bond acceptors (Lipinski definition) is 14. The lowest BCUT2D eigenvalue weighted by atomic mass is 9.80. The minimum atomic E-state index is -2.20. The van der Waals surface area contributed by atoms with E-state index in [1.54, 1.807) is 0 Å². The summed E-state index contributed by atoms with van der Waals surface area (Å²) >= 11 is 0. The van der Waals surface area contributed by atoms with Crippen LogP contribution in [0, 0.1) is 0 Å². The lowest BCUT2D eigenvalue weighted by Crippen LogP contribution is -2.68. The SMILES string of the molecule is CCCCCCCCCCCCCC(O)[C@]1(C(=O)OC)C[C@H](OC(C)=O)[C@@H](OC(C)=O)[C@H]([C@H](OC(C)=O)[C@@H](COC(C)=O)OC(C)=O)O1. The molecule has 0 aromatic rings. The van der Waals surface area contributed by atoms with Crippen LogP contribution in [0.2, 0.25) is 0 Å². The largest absolute Gasteiger partial charge is 0.467 e. The van der Waals surface area contributed by atoms with Gasteiger partial charge in [-0.3, -0.25) is 24.0 Å². The number of aliphatic hydroxyl groups is 1. The van der Waals surface area contributed by atoms with Crippen molar-refractivity contribution < 1.29 is 67.0 Å². The average molecular weight is 689 g/mol. The third-order valence-electron chi connectivity index (χ3n) is 8.07. The first kappa shape index (κ1) is 42.8. The van der Waals surface area contributed by atoms with Gasteiger partial charge < -0.3 is 38.3 Å². The van der Waals surface area contributed by atoms with Gasteiger partial charge in [-0.25, -0.2) is 4.79 Å². The van der Waals surface area contributed by atoms with E-state index in [9.17, 15) is 33.9 Å². The van der Waals surface area contributed by atoms with Gasteiger partial charge in [-0.15, -0.1) is 0 Å². The number of esters is 6. The first-order chi connectivity index (χ1) is 22.7. The summed E-state index contributed by atoms with van der Waals surface area (Å²) in [6.07, 6.45) is 1.95. The van der Waals surface area contributed by atoms with Gasteiger partial charge in [0.05, 0.1) is 13.2 Å². The van der Waals surface area contributed by atoms with Gasteiger partial charge in [-0.1, -0.05) is 77.6 Å². The van der Waals surface area contributed by atoms with Crippen LogP contribution >= 0.6 is 0 Å². The van der Waals surface area contributed by atoms with Crippen molar-refractivity contribution in [3.05, 3.63) is 0 Å². The summed E-state index contributed by atoms with van der Waals surface area (Å²) < 4.78 is 38.3. The summed E-state index contributed by atoms with van der Waals surface area (Å²) in [5.74, 6) is -5.17. The zero-order chi connectivity index (χ0) is 36.3. The molecule has 0 amide bonds. The van der Waals surface area contributed by atoms with Gasteiger partial charge in [-0.2, -0.15) is 0 Å². The van der Waals surface area contributed by atoms with Crippen molar-refractivity contribution in [1.82, 2.24) is 0 Å². The van der Waals surface area contributed by atoms with Gasteiger partial charge >= 0.3 is 35.8 Å². The minimum Gasteiger partial charge on any atom is -0.467 e. The second kappa shape index (κ2) is 22.4. The number of hydrogen-bond donors (Lipinski definition) is 1. The first-order valence-corrected chi connectivity index (χ1v) is 16.9. The Bertz CT molecular complexity index is 1040. The topological polar surface area (TPSA) is 187 Å². The van der Waals surface area contributed by atoms with Crippen LogP contribution in [-0.2, 0) is 61.9 Å². The Morgan fingerprint density at radius 3 is 1.71 bits per heavy atom. The number of methoxy groups -OCH3 is 1. The molecule has 7 atom stereocenters. The van der Waals surface area contributed by atoms with E-state index < -0.39 is 91.1 Å². The van der Waals surface area contributed by atoms with Gasteiger partial charge in [-0.05, 0) is 6.42 Å². The number of ether oxygens (including phenoxy) is 7. The quantitative estimate of drug-likeness (QED) is 0.0975. The molecule has 14 heteroatoms. The molecule has 48 heavy (non-hydrogen) atoms. The first-order valence-electron chi connectivity index (χ1n) is 16.9. The summed E-state index contributed by atoms with van der Waals surface area (Å²) in [6.45, 7) is 6.96. The zero-order valence-electron chi connectivity index (χ0n) is 29.6. The summed E-state index contributed by atoms with van der Waals surface area (Å²) in [5, 5.41) is 11.6. The molecule has 14 nitrogen and oxygen atoms in total. The van der Waals surface area contributed by atoms with Crippen LogP contribution in [0.15, 0.2) is 0 Å². The predicted octanol–water partition coefficient (Wildman–Crippen LogP) is 4.04. The zero-order valence-corrected chi connectivity index (χ0v) is 29.6. The van der Waals surface area contributed by atoms with Crippen molar-refractivity contribution >= 4 is 35.8 Å². The van der Waals surface area contributed by atoms with Gasteiger partial charge in [0.2, 0.25) is 0 Å². The Balaban J connectivity index is 3.42. The average Bonchev–Trinajstić information content (AvgIpc) is 3.00. The molecule has 1 rings (SSSR count). The summed E-state index contributed by atoms with van der Waals surface area (Å²) in [5.41, 5.74) is -2.20. The number of aliphatic hydroxyl groups excluding tert-OH is 1. The van der Waals surface area contributed by atoms with Gasteiger partial charge in [0, 0.05) is 41.0 Å². The lowest BCUT2D eigenvalue weighted by Gasteiger charge is -2.49. The van der Waals surface area contributed by atoms with Crippen LogP contribution < -0.4 is 0 Å². The molecule has 0 bridgehead atoms. The minimum absolute atomic E-state index is 0.0862. The fourth-order valence-corrected chi connectivity index (χ4v) is 5.94. The molecular weight excluding hydrogens is 632 g/mol. The smallest absolute Gasteiger partial charge is 0.341 e. The van der Waals surface area contributed by atoms with Gasteiger partial charge in [0.15, 0.2) is 23.9 Å². The summed E-state index contributed by atoms with van der Waals surface area (Å²) in [6, 6.07) is 0. The molecule has 0 spiro atoms. The fraction of sp³-hybridized carbons (Fsp3) is 0.824. The molecule has 1 N–H and O–H groups in total. The van der Waals surface area contributed by atoms with E-state index in [0.29, 0.717) is 6.42 Å². The third-order valence-corrected chi connectivity index (χ3v) is 8.07. The second-order valence-electron chi connectivity index (χ2n) is 12.3. The summed E-state index contributed by atoms with van der Waals surface area (Å²) in [7, 11) is 1.09. The highest BCUT2D eigenvalue weighted by Crippen LogP contribution is 2.40. The van der Waals surface area contributed by atoms with Crippen LogP contribution in [0.25, 0.3) is 0 Å². The molecule has 1 heterocycles. The number of carbonyl (C=O) groups excluding carboxylic acids is 6. The van der Waals surface area contributed by atoms with Crippen LogP contribution in [0.3, 0.4) is 0 Å². The monoisotopic (exact) mass is 688 g/mol. The Hall–Kier alpha value is -3.26. The number of rotatable bonds is 22. The fourth-order valence-electron chi connectivity index (χ4n) is 5.94. The van der Waals surface area contributed by atoms with E-state index in [1.165, 1.54) is 38.5 Å². The molecule has 0 aromatic carbocycles. The second-order valence-corrected chi connectivity index (χ2v) is 12.3. The molecule has 0 aliphatic carbocycles. The third kappa shape index (κ3) is 14.9. The van der Waals surface area contributed by atoms with E-state index in [2.05, 4.69) is 6.92 Å². The van der Waals surface area contributed by atoms with E-state index in [-0.39, 0.29) is 6.42 Å². The lowest BCUT2D eigenvalue weighted by molar-refractivity contribution is -0.282. The van der Waals surface area contributed by atoms with E-state index in [4.69, 9.17) is 33.2 Å². The van der Waals surface area contributed by atoms with Crippen molar-refractivity contribution in [1.29, 1.82) is 0 Å². The van der Waals surface area contributed by atoms with Crippen molar-refractivity contribution in [3.63, 3.8) is 0 Å². The van der Waals surface area contributed by atoms with Crippen LogP contribution in [0.4, 0.5) is 0 Å². The highest BCUT2D eigenvalue weighted by molar-refractivity contribution is 5.81. The highest BCUT2D eigenvalue weighted by atomic mass is 16.7. The molecule has 1 unspecified atom stereocenters. The van der Waals surface area contributed by atoms with E-state index in [1.807, 2.05) is 0 Å².